The van der Waals surface area contributed by atoms with Gasteiger partial charge in [0, 0.05) is 6.54 Å². The maximum absolute atomic E-state index is 13.0. The molecule has 0 bridgehead atoms. The predicted octanol–water partition coefficient (Wildman–Crippen LogP) is 2.28. The summed E-state index contributed by atoms with van der Waals surface area (Å²) in [7, 11) is 0. The van der Waals surface area contributed by atoms with E-state index in [-0.39, 0.29) is 5.82 Å². The van der Waals surface area contributed by atoms with Gasteiger partial charge in [0.25, 0.3) is 0 Å². The highest BCUT2D eigenvalue weighted by atomic mass is 19.1. The largest absolute Gasteiger partial charge is 0.389 e. The molecule has 0 saturated heterocycles. The zero-order valence-corrected chi connectivity index (χ0v) is 11.9. The van der Waals surface area contributed by atoms with Crippen LogP contribution >= 0.6 is 0 Å². The molecule has 1 aromatic carbocycles. The zero-order valence-electron chi connectivity index (χ0n) is 11.9. The highest BCUT2D eigenvalue weighted by Gasteiger charge is 2.16. The Labute approximate surface area is 120 Å². The number of ether oxygens (including phenoxy) is 1. The van der Waals surface area contributed by atoms with Crippen LogP contribution in [0.5, 0.6) is 0 Å². The maximum atomic E-state index is 13.0. The molecule has 0 aromatic heterocycles. The first-order chi connectivity index (χ1) is 9.74. The summed E-state index contributed by atoms with van der Waals surface area (Å²) < 4.78 is 18.6. The molecule has 112 valence electrons. The summed E-state index contributed by atoms with van der Waals surface area (Å²) in [5.74, 6) is -0.201. The van der Waals surface area contributed by atoms with E-state index < -0.39 is 6.10 Å². The summed E-state index contributed by atoms with van der Waals surface area (Å²) >= 11 is 0. The lowest BCUT2D eigenvalue weighted by Gasteiger charge is -2.16. The van der Waals surface area contributed by atoms with Gasteiger partial charge in [0.2, 0.25) is 0 Å². The van der Waals surface area contributed by atoms with Crippen LogP contribution in [0.1, 0.15) is 31.2 Å². The summed E-state index contributed by atoms with van der Waals surface area (Å²) in [4.78, 5) is 0. The Morgan fingerprint density at radius 3 is 2.90 bits per heavy atom. The molecular formula is C16H24FNO2. The van der Waals surface area contributed by atoms with Crippen LogP contribution in [0.25, 0.3) is 0 Å². The topological polar surface area (TPSA) is 41.5 Å². The number of halogens is 1. The fourth-order valence-corrected chi connectivity index (χ4v) is 2.55. The predicted molar refractivity (Wildman–Crippen MR) is 77.2 cm³/mol. The summed E-state index contributed by atoms with van der Waals surface area (Å²) in [6.07, 6.45) is 5.37. The smallest absolute Gasteiger partial charge is 0.123 e. The molecule has 1 atom stereocenters. The molecule has 1 saturated carbocycles. The molecule has 3 nitrogen and oxygen atoms in total. The first-order valence-corrected chi connectivity index (χ1v) is 7.49. The Morgan fingerprint density at radius 1 is 1.35 bits per heavy atom. The van der Waals surface area contributed by atoms with E-state index in [9.17, 15) is 9.50 Å². The van der Waals surface area contributed by atoms with Crippen molar-refractivity contribution in [2.75, 3.05) is 19.7 Å². The van der Waals surface area contributed by atoms with Crippen molar-refractivity contribution in [3.63, 3.8) is 0 Å². The van der Waals surface area contributed by atoms with Crippen LogP contribution in [0.3, 0.4) is 0 Å². The Kier molecular flexibility index (Phi) is 6.43. The second-order valence-corrected chi connectivity index (χ2v) is 5.48. The average molecular weight is 281 g/mol. The molecule has 1 aromatic rings. The number of hydrogen-bond donors (Lipinski definition) is 2. The summed E-state index contributed by atoms with van der Waals surface area (Å²) in [5.41, 5.74) is 0.967. The van der Waals surface area contributed by atoms with E-state index in [2.05, 4.69) is 5.32 Å². The van der Waals surface area contributed by atoms with E-state index in [1.165, 1.54) is 18.9 Å². The molecule has 2 rings (SSSR count). The maximum Gasteiger partial charge on any atom is 0.123 e. The minimum Gasteiger partial charge on any atom is -0.389 e. The molecule has 2 N–H and O–H groups in total. The van der Waals surface area contributed by atoms with Crippen LogP contribution in [0, 0.1) is 5.82 Å². The minimum absolute atomic E-state index is 0.201. The van der Waals surface area contributed by atoms with Gasteiger partial charge in [0.15, 0.2) is 0 Å². The SMILES string of the molecule is OC(CNCCc1cccc(F)c1)COC1CCCC1. The van der Waals surface area contributed by atoms with Crippen molar-refractivity contribution in [1.82, 2.24) is 5.32 Å². The van der Waals surface area contributed by atoms with Crippen LogP contribution < -0.4 is 5.32 Å². The zero-order chi connectivity index (χ0) is 14.2. The quantitative estimate of drug-likeness (QED) is 0.718. The van der Waals surface area contributed by atoms with Gasteiger partial charge in [0.1, 0.15) is 5.82 Å². The van der Waals surface area contributed by atoms with Crippen molar-refractivity contribution in [3.8, 4) is 0 Å². The lowest BCUT2D eigenvalue weighted by molar-refractivity contribution is -0.00530. The molecule has 0 spiro atoms. The van der Waals surface area contributed by atoms with Gasteiger partial charge in [-0.2, -0.15) is 0 Å². The Bertz CT molecular complexity index is 394. The van der Waals surface area contributed by atoms with Gasteiger partial charge in [-0.25, -0.2) is 4.39 Å². The van der Waals surface area contributed by atoms with Gasteiger partial charge < -0.3 is 15.2 Å². The average Bonchev–Trinajstić information content (AvgIpc) is 2.95. The van der Waals surface area contributed by atoms with E-state index in [0.717, 1.165) is 31.4 Å². The van der Waals surface area contributed by atoms with Crippen molar-refractivity contribution in [2.45, 2.75) is 44.3 Å². The second kappa shape index (κ2) is 8.35. The molecule has 1 fully saturated rings. The van der Waals surface area contributed by atoms with E-state index in [1.807, 2.05) is 6.07 Å². The molecule has 1 unspecified atom stereocenters. The van der Waals surface area contributed by atoms with Crippen LogP contribution in [-0.2, 0) is 11.2 Å². The molecule has 0 radical (unpaired) electrons. The lowest BCUT2D eigenvalue weighted by atomic mass is 10.1. The van der Waals surface area contributed by atoms with Gasteiger partial charge in [-0.05, 0) is 43.5 Å². The van der Waals surface area contributed by atoms with Gasteiger partial charge in [-0.3, -0.25) is 0 Å². The molecular weight excluding hydrogens is 257 g/mol. The van der Waals surface area contributed by atoms with E-state index in [1.54, 1.807) is 12.1 Å². The fourth-order valence-electron chi connectivity index (χ4n) is 2.55. The third-order valence-electron chi connectivity index (χ3n) is 3.69. The molecule has 0 heterocycles. The summed E-state index contributed by atoms with van der Waals surface area (Å²) in [5, 5.41) is 13.0. The Balaban J connectivity index is 1.53. The number of benzene rings is 1. The highest BCUT2D eigenvalue weighted by Crippen LogP contribution is 2.20. The van der Waals surface area contributed by atoms with Crippen molar-refractivity contribution in [2.24, 2.45) is 0 Å². The van der Waals surface area contributed by atoms with Gasteiger partial charge >= 0.3 is 0 Å². The van der Waals surface area contributed by atoms with Crippen LogP contribution in [0.15, 0.2) is 24.3 Å². The van der Waals surface area contributed by atoms with Crippen molar-refractivity contribution >= 4 is 0 Å². The Morgan fingerprint density at radius 2 is 2.15 bits per heavy atom. The first-order valence-electron chi connectivity index (χ1n) is 7.49. The molecule has 0 aliphatic heterocycles. The number of rotatable bonds is 8. The van der Waals surface area contributed by atoms with Crippen LogP contribution in [0.2, 0.25) is 0 Å². The van der Waals surface area contributed by atoms with Gasteiger partial charge in [-0.1, -0.05) is 25.0 Å². The molecule has 20 heavy (non-hydrogen) atoms. The fraction of sp³-hybridized carbons (Fsp3) is 0.625. The normalized spacial score (nSPS) is 17.5. The van der Waals surface area contributed by atoms with Gasteiger partial charge in [0.05, 0.1) is 18.8 Å². The van der Waals surface area contributed by atoms with E-state index in [4.69, 9.17) is 4.74 Å². The van der Waals surface area contributed by atoms with Crippen LogP contribution in [0.4, 0.5) is 4.39 Å². The monoisotopic (exact) mass is 281 g/mol. The number of hydrogen-bond acceptors (Lipinski definition) is 3. The van der Waals surface area contributed by atoms with E-state index in [0.29, 0.717) is 19.3 Å². The molecule has 0 amide bonds. The van der Waals surface area contributed by atoms with Crippen molar-refractivity contribution in [3.05, 3.63) is 35.6 Å². The third-order valence-corrected chi connectivity index (χ3v) is 3.69. The van der Waals surface area contributed by atoms with E-state index >= 15 is 0 Å². The van der Waals surface area contributed by atoms with Crippen LogP contribution in [-0.4, -0.2) is 37.0 Å². The Hall–Kier alpha value is -0.970. The molecule has 4 heteroatoms. The number of nitrogens with one attached hydrogen (secondary N) is 1. The molecule has 1 aliphatic rings. The number of aliphatic hydroxyl groups is 1. The number of aliphatic hydroxyl groups excluding tert-OH is 1. The minimum atomic E-state index is -0.469. The standard InChI is InChI=1S/C16H24FNO2/c17-14-5-3-4-13(10-14)8-9-18-11-15(19)12-20-16-6-1-2-7-16/h3-5,10,15-16,18-19H,1-2,6-9,11-12H2. The second-order valence-electron chi connectivity index (χ2n) is 5.48. The van der Waals surface area contributed by atoms with Crippen molar-refractivity contribution < 1.29 is 14.2 Å². The first kappa shape index (κ1) is 15.4. The van der Waals surface area contributed by atoms with Gasteiger partial charge in [-0.15, -0.1) is 0 Å². The molecule has 1 aliphatic carbocycles. The highest BCUT2D eigenvalue weighted by molar-refractivity contribution is 5.16. The third kappa shape index (κ3) is 5.57. The van der Waals surface area contributed by atoms with Crippen molar-refractivity contribution in [1.29, 1.82) is 0 Å². The lowest BCUT2D eigenvalue weighted by Crippen LogP contribution is -2.32. The summed E-state index contributed by atoms with van der Waals surface area (Å²) in [6.45, 7) is 1.64. The summed E-state index contributed by atoms with van der Waals surface area (Å²) in [6, 6.07) is 6.61.